The van der Waals surface area contributed by atoms with E-state index in [1.54, 1.807) is 42.5 Å². The molecule has 0 unspecified atom stereocenters. The number of nitrogens with one attached hydrogen (secondary N) is 1. The maximum Gasteiger partial charge on any atom is 0.296 e. The quantitative estimate of drug-likeness (QED) is 0.299. The van der Waals surface area contributed by atoms with Crippen LogP contribution in [0.1, 0.15) is 21.6 Å². The minimum absolute atomic E-state index is 0.123. The van der Waals surface area contributed by atoms with Crippen molar-refractivity contribution in [3.05, 3.63) is 95.7 Å². The molecule has 2 aromatic heterocycles. The smallest absolute Gasteiger partial charge is 0.296 e. The van der Waals surface area contributed by atoms with Crippen LogP contribution in [0.25, 0.3) is 21.8 Å². The van der Waals surface area contributed by atoms with E-state index in [9.17, 15) is 14.7 Å². The number of anilines is 1. The topological polar surface area (TPSA) is 109 Å². The van der Waals surface area contributed by atoms with Gasteiger partial charge in [-0.1, -0.05) is 48.5 Å². The van der Waals surface area contributed by atoms with Gasteiger partial charge >= 0.3 is 0 Å². The third-order valence-electron chi connectivity index (χ3n) is 5.84. The molecule has 0 spiro atoms. The number of hydrogen-bond donors (Lipinski definition) is 2. The molecule has 5 aromatic rings. The molecule has 0 fully saturated rings. The Kier molecular flexibility index (Phi) is 6.00. The molecule has 3 aromatic carbocycles. The van der Waals surface area contributed by atoms with Crippen LogP contribution in [0.5, 0.6) is 5.88 Å². The van der Waals surface area contributed by atoms with Crippen molar-refractivity contribution in [2.45, 2.75) is 20.4 Å². The number of carbonyl (C=O) groups is 2. The van der Waals surface area contributed by atoms with Crippen molar-refractivity contribution in [3.63, 3.8) is 0 Å². The molecule has 2 heterocycles. The molecule has 0 saturated heterocycles. The van der Waals surface area contributed by atoms with Gasteiger partial charge in [-0.3, -0.25) is 14.6 Å². The van der Waals surface area contributed by atoms with Gasteiger partial charge in [0.05, 0.1) is 16.6 Å². The molecule has 0 bridgehead atoms. The number of azo groups is 1. The fourth-order valence-electron chi connectivity index (χ4n) is 4.23. The summed E-state index contributed by atoms with van der Waals surface area (Å²) in [7, 11) is 0. The van der Waals surface area contributed by atoms with Crippen LogP contribution in [-0.4, -0.2) is 26.5 Å². The Hall–Kier alpha value is -4.85. The van der Waals surface area contributed by atoms with E-state index in [0.29, 0.717) is 38.8 Å². The van der Waals surface area contributed by atoms with Crippen LogP contribution >= 0.6 is 0 Å². The van der Waals surface area contributed by atoms with Crippen molar-refractivity contribution in [1.29, 1.82) is 0 Å². The molecule has 0 aliphatic carbocycles. The Balaban J connectivity index is 1.47. The van der Waals surface area contributed by atoms with Crippen LogP contribution in [0.15, 0.2) is 89.1 Å². The van der Waals surface area contributed by atoms with Gasteiger partial charge in [0.1, 0.15) is 6.54 Å². The minimum atomic E-state index is -0.551. The number of para-hydroxylation sites is 2. The Labute approximate surface area is 206 Å². The lowest BCUT2D eigenvalue weighted by atomic mass is 10.1. The number of benzene rings is 3. The summed E-state index contributed by atoms with van der Waals surface area (Å²) in [6.07, 6.45) is 0. The third kappa shape index (κ3) is 4.44. The first-order chi connectivity index (χ1) is 17.4. The van der Waals surface area contributed by atoms with E-state index in [1.165, 1.54) is 4.57 Å². The number of nitrogens with zero attached hydrogens (tertiary/aromatic N) is 4. The highest BCUT2D eigenvalue weighted by Crippen LogP contribution is 2.39. The van der Waals surface area contributed by atoms with E-state index in [-0.39, 0.29) is 24.0 Å². The maximum absolute atomic E-state index is 13.0. The Morgan fingerprint density at radius 3 is 2.50 bits per heavy atom. The van der Waals surface area contributed by atoms with Crippen LogP contribution in [0.2, 0.25) is 0 Å². The average Bonchev–Trinajstić information content (AvgIpc) is 3.12. The van der Waals surface area contributed by atoms with Gasteiger partial charge in [-0.25, -0.2) is 0 Å². The van der Waals surface area contributed by atoms with Crippen LogP contribution < -0.4 is 5.32 Å². The minimum Gasteiger partial charge on any atom is -0.493 e. The molecular weight excluding hydrogens is 454 g/mol. The summed E-state index contributed by atoms with van der Waals surface area (Å²) in [4.78, 5) is 30.2. The molecule has 8 heteroatoms. The molecule has 0 radical (unpaired) electrons. The Morgan fingerprint density at radius 1 is 0.944 bits per heavy atom. The first kappa shape index (κ1) is 22.9. The third-order valence-corrected chi connectivity index (χ3v) is 5.84. The van der Waals surface area contributed by atoms with E-state index < -0.39 is 5.91 Å². The summed E-state index contributed by atoms with van der Waals surface area (Å²) in [6.45, 7) is 3.61. The number of amides is 2. The fourth-order valence-corrected chi connectivity index (χ4v) is 4.23. The van der Waals surface area contributed by atoms with Gasteiger partial charge in [0.2, 0.25) is 11.8 Å². The highest BCUT2D eigenvalue weighted by Gasteiger charge is 2.19. The van der Waals surface area contributed by atoms with Gasteiger partial charge in [-0.2, -0.15) is 0 Å². The van der Waals surface area contributed by atoms with E-state index in [0.717, 1.165) is 5.56 Å². The molecule has 0 aliphatic heterocycles. The zero-order valence-corrected chi connectivity index (χ0v) is 19.8. The van der Waals surface area contributed by atoms with Gasteiger partial charge in [-0.05, 0) is 49.7 Å². The number of rotatable bonds is 5. The largest absolute Gasteiger partial charge is 0.493 e. The second kappa shape index (κ2) is 9.42. The van der Waals surface area contributed by atoms with E-state index in [1.807, 2.05) is 50.2 Å². The number of aryl methyl sites for hydroxylation is 2. The lowest BCUT2D eigenvalue weighted by Gasteiger charge is -2.09. The van der Waals surface area contributed by atoms with Crippen LogP contribution in [0.3, 0.4) is 0 Å². The Bertz CT molecular complexity index is 1670. The highest BCUT2D eigenvalue weighted by molar-refractivity contribution is 6.07. The molecule has 8 nitrogen and oxygen atoms in total. The molecule has 2 amide bonds. The molecule has 5 rings (SSSR count). The summed E-state index contributed by atoms with van der Waals surface area (Å²) < 4.78 is 1.45. The van der Waals surface area contributed by atoms with Crippen LogP contribution in [0.4, 0.5) is 11.4 Å². The van der Waals surface area contributed by atoms with Crippen molar-refractivity contribution in [1.82, 2.24) is 9.55 Å². The zero-order chi connectivity index (χ0) is 25.2. The van der Waals surface area contributed by atoms with E-state index in [4.69, 9.17) is 0 Å². The number of carbonyl (C=O) groups excluding carboxylic acids is 2. The van der Waals surface area contributed by atoms with Gasteiger partial charge < -0.3 is 15.0 Å². The van der Waals surface area contributed by atoms with Crippen molar-refractivity contribution < 1.29 is 14.7 Å². The second-order valence-electron chi connectivity index (χ2n) is 8.53. The normalized spacial score (nSPS) is 11.4. The number of hydrogen-bond acceptors (Lipinski definition) is 5. The Morgan fingerprint density at radius 2 is 1.69 bits per heavy atom. The number of aromatic nitrogens is 2. The first-order valence-electron chi connectivity index (χ1n) is 11.4. The molecule has 36 heavy (non-hydrogen) atoms. The van der Waals surface area contributed by atoms with Gasteiger partial charge in [0.25, 0.3) is 5.91 Å². The fraction of sp³-hybridized carbons (Fsp3) is 0.107. The number of fused-ring (bicyclic) bond motifs is 2. The van der Waals surface area contributed by atoms with Crippen molar-refractivity contribution in [3.8, 4) is 5.88 Å². The van der Waals surface area contributed by atoms with Crippen LogP contribution in [-0.2, 0) is 11.3 Å². The van der Waals surface area contributed by atoms with Crippen molar-refractivity contribution in [2.75, 3.05) is 5.32 Å². The van der Waals surface area contributed by atoms with Gasteiger partial charge in [0.15, 0.2) is 5.69 Å². The SMILES string of the molecule is Cc1cccc(NC(=O)Cn2c(O)c(N=NC(=O)c3cc(C)nc4ccccc34)c3ccccc32)c1. The highest BCUT2D eigenvalue weighted by atomic mass is 16.3. The monoisotopic (exact) mass is 477 g/mol. The summed E-state index contributed by atoms with van der Waals surface area (Å²) in [5, 5.41) is 23.1. The van der Waals surface area contributed by atoms with Gasteiger partial charge in [0, 0.05) is 22.2 Å². The van der Waals surface area contributed by atoms with E-state index in [2.05, 4.69) is 20.5 Å². The lowest BCUT2D eigenvalue weighted by molar-refractivity contribution is -0.116. The molecule has 178 valence electrons. The summed E-state index contributed by atoms with van der Waals surface area (Å²) >= 11 is 0. The predicted molar refractivity (Wildman–Crippen MR) is 139 cm³/mol. The predicted octanol–water partition coefficient (Wildman–Crippen LogP) is 6.07. The zero-order valence-electron chi connectivity index (χ0n) is 19.8. The molecule has 0 saturated carbocycles. The number of aromatic hydroxyl groups is 1. The lowest BCUT2D eigenvalue weighted by Crippen LogP contribution is -2.18. The van der Waals surface area contributed by atoms with Crippen LogP contribution in [0, 0.1) is 13.8 Å². The summed E-state index contributed by atoms with van der Waals surface area (Å²) in [5.41, 5.74) is 4.16. The average molecular weight is 478 g/mol. The summed E-state index contributed by atoms with van der Waals surface area (Å²) in [6, 6.07) is 23.6. The molecular formula is C28H23N5O3. The molecule has 2 N–H and O–H groups in total. The van der Waals surface area contributed by atoms with Gasteiger partial charge in [-0.15, -0.1) is 10.2 Å². The van der Waals surface area contributed by atoms with Crippen molar-refractivity contribution in [2.24, 2.45) is 10.2 Å². The maximum atomic E-state index is 13.0. The van der Waals surface area contributed by atoms with E-state index >= 15 is 0 Å². The second-order valence-corrected chi connectivity index (χ2v) is 8.53. The first-order valence-corrected chi connectivity index (χ1v) is 11.4. The van der Waals surface area contributed by atoms with Crippen molar-refractivity contribution >= 4 is 45.0 Å². The molecule has 0 atom stereocenters. The standard InChI is InChI=1S/C28H23N5O3/c1-17-8-7-9-19(14-17)30-25(34)16-33-24-13-6-4-11-21(24)26(28(33)36)31-32-27(35)22-15-18(2)29-23-12-5-3-10-20(22)23/h3-15,36H,16H2,1-2H3,(H,30,34). The molecule has 0 aliphatic rings. The summed E-state index contributed by atoms with van der Waals surface area (Å²) in [5.74, 6) is -1.11. The number of pyridine rings is 1.